The summed E-state index contributed by atoms with van der Waals surface area (Å²) < 4.78 is 29.3. The summed E-state index contributed by atoms with van der Waals surface area (Å²) in [4.78, 5) is 11.1. The number of nitrogens with zero attached hydrogens (tertiary/aromatic N) is 3. The fourth-order valence-electron chi connectivity index (χ4n) is 4.09. The molecule has 36 heavy (non-hydrogen) atoms. The van der Waals surface area contributed by atoms with E-state index in [1.807, 2.05) is 31.2 Å². The van der Waals surface area contributed by atoms with Crippen molar-refractivity contribution in [3.05, 3.63) is 47.1 Å². The molecule has 0 radical (unpaired) electrons. The zero-order chi connectivity index (χ0) is 25.9. The molecule has 0 spiro atoms. The van der Waals surface area contributed by atoms with Gasteiger partial charge in [0.25, 0.3) is 0 Å². The van der Waals surface area contributed by atoms with Crippen molar-refractivity contribution < 1.29 is 18.8 Å². The van der Waals surface area contributed by atoms with Gasteiger partial charge in [-0.25, -0.2) is 4.98 Å². The molecule has 11 heteroatoms. The highest BCUT2D eigenvalue weighted by Crippen LogP contribution is 2.40. The summed E-state index contributed by atoms with van der Waals surface area (Å²) in [5.41, 5.74) is 3.34. The molecule has 1 fully saturated rings. The van der Waals surface area contributed by atoms with Crippen LogP contribution in [0.4, 0.5) is 28.8 Å². The SMILES string of the molecule is COc1cc(P(C)(C)=O)c(C)cc1Nc1ncc(Cl)c(Nc2ccc(N3CCOCC3)cc2OC)n1. The van der Waals surface area contributed by atoms with Gasteiger partial charge in [0.15, 0.2) is 5.82 Å². The second-order valence-corrected chi connectivity index (χ2v) is 12.4. The van der Waals surface area contributed by atoms with E-state index < -0.39 is 7.14 Å². The summed E-state index contributed by atoms with van der Waals surface area (Å²) in [5, 5.41) is 7.58. The molecule has 192 valence electrons. The Labute approximate surface area is 216 Å². The average Bonchev–Trinajstić information content (AvgIpc) is 2.86. The van der Waals surface area contributed by atoms with Crippen LogP contribution in [0.1, 0.15) is 5.56 Å². The van der Waals surface area contributed by atoms with Crippen molar-refractivity contribution in [3.8, 4) is 11.5 Å². The predicted molar refractivity (Wildman–Crippen MR) is 146 cm³/mol. The first kappa shape index (κ1) is 26.1. The van der Waals surface area contributed by atoms with Gasteiger partial charge in [-0.05, 0) is 50.1 Å². The van der Waals surface area contributed by atoms with E-state index >= 15 is 0 Å². The van der Waals surface area contributed by atoms with Gasteiger partial charge >= 0.3 is 0 Å². The Balaban J connectivity index is 1.59. The van der Waals surface area contributed by atoms with Crippen LogP contribution in [0.5, 0.6) is 11.5 Å². The number of hydrogen-bond donors (Lipinski definition) is 2. The van der Waals surface area contributed by atoms with Crippen LogP contribution in [0, 0.1) is 6.92 Å². The average molecular weight is 532 g/mol. The van der Waals surface area contributed by atoms with Crippen LogP contribution in [0.3, 0.4) is 0 Å². The van der Waals surface area contributed by atoms with Gasteiger partial charge in [0.1, 0.15) is 23.7 Å². The third-order valence-electron chi connectivity index (χ3n) is 5.90. The van der Waals surface area contributed by atoms with E-state index in [2.05, 4.69) is 25.5 Å². The molecular weight excluding hydrogens is 501 g/mol. The number of benzene rings is 2. The third-order valence-corrected chi connectivity index (χ3v) is 7.82. The second-order valence-electron chi connectivity index (χ2n) is 8.81. The maximum absolute atomic E-state index is 12.7. The Morgan fingerprint density at radius 3 is 2.39 bits per heavy atom. The Morgan fingerprint density at radius 1 is 1.03 bits per heavy atom. The first-order chi connectivity index (χ1) is 17.2. The fraction of sp³-hybridized carbons (Fsp3) is 0.360. The highest BCUT2D eigenvalue weighted by Gasteiger charge is 2.19. The summed E-state index contributed by atoms with van der Waals surface area (Å²) >= 11 is 6.42. The van der Waals surface area contributed by atoms with Crippen LogP contribution in [-0.4, -0.2) is 63.8 Å². The lowest BCUT2D eigenvalue weighted by Gasteiger charge is -2.29. The number of morpholine rings is 1. The summed E-state index contributed by atoms with van der Waals surface area (Å²) in [5.74, 6) is 1.96. The molecule has 9 nitrogen and oxygen atoms in total. The van der Waals surface area contributed by atoms with Crippen LogP contribution in [0.2, 0.25) is 5.02 Å². The topological polar surface area (TPSA) is 97.8 Å². The van der Waals surface area contributed by atoms with Gasteiger partial charge < -0.3 is 34.3 Å². The van der Waals surface area contributed by atoms with Crippen molar-refractivity contribution in [2.45, 2.75) is 6.92 Å². The number of nitrogens with one attached hydrogen (secondary N) is 2. The predicted octanol–water partition coefficient (Wildman–Crippen LogP) is 5.03. The minimum Gasteiger partial charge on any atom is -0.495 e. The molecule has 0 amide bonds. The monoisotopic (exact) mass is 531 g/mol. The minimum absolute atomic E-state index is 0.326. The molecule has 0 saturated carbocycles. The number of halogens is 1. The number of methoxy groups -OCH3 is 2. The highest BCUT2D eigenvalue weighted by atomic mass is 35.5. The van der Waals surface area contributed by atoms with Crippen LogP contribution in [-0.2, 0) is 9.30 Å². The molecule has 2 aromatic carbocycles. The Hall–Kier alpha value is -3.00. The van der Waals surface area contributed by atoms with E-state index in [-0.39, 0.29) is 0 Å². The smallest absolute Gasteiger partial charge is 0.229 e. The molecule has 0 aliphatic carbocycles. The molecule has 1 aliphatic rings. The molecule has 3 aromatic rings. The zero-order valence-electron chi connectivity index (χ0n) is 21.1. The van der Waals surface area contributed by atoms with Gasteiger partial charge in [0.05, 0.1) is 45.0 Å². The van der Waals surface area contributed by atoms with Crippen LogP contribution >= 0.6 is 18.7 Å². The summed E-state index contributed by atoms with van der Waals surface area (Å²) in [6.45, 7) is 8.48. The molecule has 0 bridgehead atoms. The van der Waals surface area contributed by atoms with E-state index in [0.717, 1.165) is 35.3 Å². The number of aryl methyl sites for hydroxylation is 1. The molecule has 0 unspecified atom stereocenters. The Morgan fingerprint density at radius 2 is 1.72 bits per heavy atom. The number of aromatic nitrogens is 2. The zero-order valence-corrected chi connectivity index (χ0v) is 22.7. The molecule has 4 rings (SSSR count). The van der Waals surface area contributed by atoms with Gasteiger partial charge in [-0.1, -0.05) is 11.6 Å². The fourth-order valence-corrected chi connectivity index (χ4v) is 5.57. The first-order valence-electron chi connectivity index (χ1n) is 11.5. The normalized spacial score (nSPS) is 13.9. The largest absolute Gasteiger partial charge is 0.495 e. The molecule has 1 saturated heterocycles. The van der Waals surface area contributed by atoms with Crippen molar-refractivity contribution in [1.82, 2.24) is 9.97 Å². The summed E-state index contributed by atoms with van der Waals surface area (Å²) in [6.07, 6.45) is 1.52. The molecule has 2 N–H and O–H groups in total. The van der Waals surface area contributed by atoms with E-state index in [9.17, 15) is 4.57 Å². The third kappa shape index (κ3) is 5.86. The lowest BCUT2D eigenvalue weighted by molar-refractivity contribution is 0.122. The molecule has 2 heterocycles. The maximum atomic E-state index is 12.7. The highest BCUT2D eigenvalue weighted by molar-refractivity contribution is 7.70. The van der Waals surface area contributed by atoms with E-state index in [4.69, 9.17) is 25.8 Å². The van der Waals surface area contributed by atoms with E-state index in [1.54, 1.807) is 33.6 Å². The van der Waals surface area contributed by atoms with Crippen molar-refractivity contribution >= 4 is 52.9 Å². The van der Waals surface area contributed by atoms with Crippen LogP contribution in [0.15, 0.2) is 36.5 Å². The van der Waals surface area contributed by atoms with Crippen LogP contribution < -0.4 is 30.3 Å². The van der Waals surface area contributed by atoms with Crippen molar-refractivity contribution in [3.63, 3.8) is 0 Å². The Kier molecular flexibility index (Phi) is 7.93. The van der Waals surface area contributed by atoms with Crippen LogP contribution in [0.25, 0.3) is 0 Å². The van der Waals surface area contributed by atoms with Gasteiger partial charge in [0.2, 0.25) is 5.95 Å². The Bertz CT molecular complexity index is 1290. The standard InChI is InChI=1S/C25H31ClN5O4P/c1-16-12-20(22(34-3)14-23(16)36(4,5)32)29-25-27-15-18(26)24(30-25)28-19-7-6-17(13-21(19)33-2)31-8-10-35-11-9-31/h6-7,12-15H,8-11H2,1-5H3,(H2,27,28,29,30). The number of ether oxygens (including phenoxy) is 3. The number of rotatable bonds is 8. The van der Waals surface area contributed by atoms with Gasteiger partial charge in [-0.2, -0.15) is 4.98 Å². The minimum atomic E-state index is -2.46. The van der Waals surface area contributed by atoms with Crippen molar-refractivity contribution in [2.24, 2.45) is 0 Å². The molecule has 0 atom stereocenters. The van der Waals surface area contributed by atoms with Crippen molar-refractivity contribution in [1.29, 1.82) is 0 Å². The van der Waals surface area contributed by atoms with E-state index in [0.29, 0.717) is 47.2 Å². The lowest BCUT2D eigenvalue weighted by atomic mass is 10.2. The lowest BCUT2D eigenvalue weighted by Crippen LogP contribution is -2.36. The van der Waals surface area contributed by atoms with Gasteiger partial charge in [-0.15, -0.1) is 0 Å². The molecule has 1 aliphatic heterocycles. The number of anilines is 5. The first-order valence-corrected chi connectivity index (χ1v) is 14.5. The van der Waals surface area contributed by atoms with E-state index in [1.165, 1.54) is 6.20 Å². The maximum Gasteiger partial charge on any atom is 0.229 e. The number of hydrogen-bond acceptors (Lipinski definition) is 9. The quantitative estimate of drug-likeness (QED) is 0.388. The molecular formula is C25H31ClN5O4P. The second kappa shape index (κ2) is 10.9. The summed E-state index contributed by atoms with van der Waals surface area (Å²) in [7, 11) is 0.735. The van der Waals surface area contributed by atoms with Crippen molar-refractivity contribution in [2.75, 3.05) is 69.4 Å². The van der Waals surface area contributed by atoms with Gasteiger partial charge in [-0.3, -0.25) is 0 Å². The molecule has 1 aromatic heterocycles. The summed E-state index contributed by atoms with van der Waals surface area (Å²) in [6, 6.07) is 9.63. The van der Waals surface area contributed by atoms with Gasteiger partial charge in [0, 0.05) is 30.1 Å².